The number of H-pyrrole nitrogens is 1. The molecule has 1 fully saturated rings. The summed E-state index contributed by atoms with van der Waals surface area (Å²) in [6, 6.07) is 3.88. The average molecular weight is 467 g/mol. The number of nitrogens with one attached hydrogen (secondary N) is 1. The van der Waals surface area contributed by atoms with Crippen LogP contribution in [0, 0.1) is 0 Å². The van der Waals surface area contributed by atoms with Crippen molar-refractivity contribution in [3.8, 4) is 0 Å². The van der Waals surface area contributed by atoms with Gasteiger partial charge in [0, 0.05) is 44.0 Å². The number of anilines is 2. The van der Waals surface area contributed by atoms with E-state index in [4.69, 9.17) is 10.5 Å². The number of ether oxygens (including phenoxy) is 1. The standard InChI is InChI=1S/C18H23BrN6O4/c1-29-9-8-25-16(20)15(17(27)22-18(25)28)13(26)11-23-4-6-24(7-5-23)14-3-2-12(19)10-21-14/h2-3,10H,4-9,11,20H2,1H3,(H,22,27,28). The number of Topliss-reactive ketones (excluding diaryl/α,β-unsaturated/α-hetero) is 1. The predicted molar refractivity (Wildman–Crippen MR) is 113 cm³/mol. The summed E-state index contributed by atoms with van der Waals surface area (Å²) in [4.78, 5) is 47.6. The number of methoxy groups -OCH3 is 1. The van der Waals surface area contributed by atoms with Crippen molar-refractivity contribution >= 4 is 33.3 Å². The first kappa shape index (κ1) is 21.2. The number of aromatic nitrogens is 3. The number of hydrogen-bond donors (Lipinski definition) is 2. The van der Waals surface area contributed by atoms with Gasteiger partial charge in [-0.05, 0) is 28.1 Å². The van der Waals surface area contributed by atoms with Crippen LogP contribution in [0.4, 0.5) is 11.6 Å². The average Bonchev–Trinajstić information content (AvgIpc) is 2.69. The zero-order chi connectivity index (χ0) is 21.0. The minimum atomic E-state index is -0.760. The third-order valence-corrected chi connectivity index (χ3v) is 5.28. The molecule has 0 saturated carbocycles. The summed E-state index contributed by atoms with van der Waals surface area (Å²) in [6.45, 7) is 3.14. The van der Waals surface area contributed by atoms with E-state index in [0.717, 1.165) is 14.9 Å². The third kappa shape index (κ3) is 4.92. The van der Waals surface area contributed by atoms with Crippen molar-refractivity contribution in [2.75, 3.05) is 57.1 Å². The van der Waals surface area contributed by atoms with Crippen LogP contribution >= 0.6 is 15.9 Å². The molecule has 29 heavy (non-hydrogen) atoms. The van der Waals surface area contributed by atoms with Crippen molar-refractivity contribution < 1.29 is 9.53 Å². The molecule has 1 saturated heterocycles. The van der Waals surface area contributed by atoms with Crippen LogP contribution in [0.2, 0.25) is 0 Å². The number of hydrogen-bond acceptors (Lipinski definition) is 8. The number of halogens is 1. The molecule has 0 atom stereocenters. The Balaban J connectivity index is 1.67. The quantitative estimate of drug-likeness (QED) is 0.542. The second kappa shape index (κ2) is 9.33. The van der Waals surface area contributed by atoms with Gasteiger partial charge in [-0.25, -0.2) is 9.78 Å². The molecule has 0 bridgehead atoms. The molecule has 0 amide bonds. The van der Waals surface area contributed by atoms with E-state index in [1.54, 1.807) is 6.20 Å². The maximum absolute atomic E-state index is 12.8. The number of rotatable bonds is 7. The fourth-order valence-electron chi connectivity index (χ4n) is 3.23. The summed E-state index contributed by atoms with van der Waals surface area (Å²) in [5.74, 6) is 0.341. The number of nitrogen functional groups attached to an aromatic ring is 1. The molecular weight excluding hydrogens is 444 g/mol. The highest BCUT2D eigenvalue weighted by Crippen LogP contribution is 2.17. The molecule has 3 rings (SSSR count). The van der Waals surface area contributed by atoms with Gasteiger partial charge in [-0.2, -0.15) is 0 Å². The zero-order valence-corrected chi connectivity index (χ0v) is 17.6. The molecule has 3 N–H and O–H groups in total. The van der Waals surface area contributed by atoms with Crippen LogP contribution in [-0.2, 0) is 11.3 Å². The molecular formula is C18H23BrN6O4. The van der Waals surface area contributed by atoms with Crippen molar-refractivity contribution in [1.29, 1.82) is 0 Å². The van der Waals surface area contributed by atoms with Crippen molar-refractivity contribution in [3.63, 3.8) is 0 Å². The maximum Gasteiger partial charge on any atom is 0.330 e. The fraction of sp³-hybridized carbons (Fsp3) is 0.444. The number of pyridine rings is 1. The molecule has 156 valence electrons. The molecule has 10 nitrogen and oxygen atoms in total. The molecule has 0 unspecified atom stereocenters. The van der Waals surface area contributed by atoms with Crippen molar-refractivity contribution in [2.24, 2.45) is 0 Å². The predicted octanol–water partition coefficient (Wildman–Crippen LogP) is -0.0724. The van der Waals surface area contributed by atoms with E-state index in [9.17, 15) is 14.4 Å². The molecule has 3 heterocycles. The Kier molecular flexibility index (Phi) is 6.83. The van der Waals surface area contributed by atoms with E-state index < -0.39 is 17.0 Å². The van der Waals surface area contributed by atoms with E-state index in [1.165, 1.54) is 7.11 Å². The molecule has 0 aromatic carbocycles. The lowest BCUT2D eigenvalue weighted by Gasteiger charge is -2.35. The molecule has 11 heteroatoms. The second-order valence-corrected chi connectivity index (χ2v) is 7.60. The zero-order valence-electron chi connectivity index (χ0n) is 16.1. The Morgan fingerprint density at radius 3 is 2.62 bits per heavy atom. The lowest BCUT2D eigenvalue weighted by molar-refractivity contribution is 0.0924. The number of carbonyl (C=O) groups excluding carboxylic acids is 1. The highest BCUT2D eigenvalue weighted by atomic mass is 79.9. The molecule has 1 aliphatic rings. The Morgan fingerprint density at radius 1 is 1.28 bits per heavy atom. The molecule has 2 aromatic heterocycles. The van der Waals surface area contributed by atoms with Gasteiger partial charge in [0.1, 0.15) is 17.2 Å². The van der Waals surface area contributed by atoms with Crippen LogP contribution in [0.5, 0.6) is 0 Å². The Labute approximate surface area is 175 Å². The maximum atomic E-state index is 12.8. The monoisotopic (exact) mass is 466 g/mol. The SMILES string of the molecule is COCCn1c(N)c(C(=O)CN2CCN(c3ccc(Br)cn3)CC2)c(=O)[nH]c1=O. The highest BCUT2D eigenvalue weighted by Gasteiger charge is 2.24. The van der Waals surface area contributed by atoms with E-state index in [0.29, 0.717) is 26.2 Å². The molecule has 1 aliphatic heterocycles. The van der Waals surface area contributed by atoms with Crippen LogP contribution in [-0.4, -0.2) is 71.7 Å². The number of ketones is 1. The first-order valence-corrected chi connectivity index (χ1v) is 9.93. The van der Waals surface area contributed by atoms with Crippen molar-refractivity contribution in [1.82, 2.24) is 19.4 Å². The van der Waals surface area contributed by atoms with Gasteiger partial charge < -0.3 is 15.4 Å². The van der Waals surface area contributed by atoms with Crippen LogP contribution in [0.1, 0.15) is 10.4 Å². The number of nitrogens with zero attached hydrogens (tertiary/aromatic N) is 4. The molecule has 0 spiro atoms. The largest absolute Gasteiger partial charge is 0.384 e. The summed E-state index contributed by atoms with van der Waals surface area (Å²) in [7, 11) is 1.49. The summed E-state index contributed by atoms with van der Waals surface area (Å²) in [5.41, 5.74) is 4.37. The molecule has 0 aliphatic carbocycles. The van der Waals surface area contributed by atoms with Gasteiger partial charge in [0.25, 0.3) is 5.56 Å². The second-order valence-electron chi connectivity index (χ2n) is 6.68. The first-order chi connectivity index (χ1) is 13.9. The van der Waals surface area contributed by atoms with E-state index >= 15 is 0 Å². The Bertz CT molecular complexity index is 979. The van der Waals surface area contributed by atoms with Crippen LogP contribution < -0.4 is 21.9 Å². The van der Waals surface area contributed by atoms with Gasteiger partial charge in [0.15, 0.2) is 5.78 Å². The van der Waals surface area contributed by atoms with Crippen LogP contribution in [0.25, 0.3) is 0 Å². The number of piperazine rings is 1. The van der Waals surface area contributed by atoms with Gasteiger partial charge in [-0.3, -0.25) is 24.0 Å². The minimum absolute atomic E-state index is 0.0529. The lowest BCUT2D eigenvalue weighted by atomic mass is 10.1. The summed E-state index contributed by atoms with van der Waals surface area (Å²) >= 11 is 3.37. The van der Waals surface area contributed by atoms with Gasteiger partial charge in [0.2, 0.25) is 0 Å². The third-order valence-electron chi connectivity index (χ3n) is 4.81. The topological polar surface area (TPSA) is 127 Å². The van der Waals surface area contributed by atoms with Crippen molar-refractivity contribution in [3.05, 3.63) is 49.2 Å². The summed E-state index contributed by atoms with van der Waals surface area (Å²) < 4.78 is 7.01. The van der Waals surface area contributed by atoms with Crippen molar-refractivity contribution in [2.45, 2.75) is 6.54 Å². The highest BCUT2D eigenvalue weighted by molar-refractivity contribution is 9.10. The minimum Gasteiger partial charge on any atom is -0.384 e. The van der Waals surface area contributed by atoms with Crippen LogP contribution in [0.15, 0.2) is 32.4 Å². The fourth-order valence-corrected chi connectivity index (χ4v) is 3.47. The van der Waals surface area contributed by atoms with Gasteiger partial charge in [-0.15, -0.1) is 0 Å². The number of nitrogens with two attached hydrogens (primary N) is 1. The van der Waals surface area contributed by atoms with Gasteiger partial charge >= 0.3 is 5.69 Å². The summed E-state index contributed by atoms with van der Waals surface area (Å²) in [6.07, 6.45) is 1.75. The molecule has 0 radical (unpaired) electrons. The smallest absolute Gasteiger partial charge is 0.330 e. The number of carbonyl (C=O) groups is 1. The Morgan fingerprint density at radius 2 is 2.00 bits per heavy atom. The summed E-state index contributed by atoms with van der Waals surface area (Å²) in [5, 5.41) is 0. The van der Waals surface area contributed by atoms with E-state index in [-0.39, 0.29) is 31.1 Å². The lowest BCUT2D eigenvalue weighted by Crippen LogP contribution is -2.49. The van der Waals surface area contributed by atoms with E-state index in [1.807, 2.05) is 17.0 Å². The van der Waals surface area contributed by atoms with Gasteiger partial charge in [0.05, 0.1) is 19.7 Å². The van der Waals surface area contributed by atoms with E-state index in [2.05, 4.69) is 30.8 Å². The Hall–Kier alpha value is -2.50. The first-order valence-electron chi connectivity index (χ1n) is 9.14. The van der Waals surface area contributed by atoms with Gasteiger partial charge in [-0.1, -0.05) is 0 Å². The van der Waals surface area contributed by atoms with Crippen LogP contribution in [0.3, 0.4) is 0 Å². The number of aromatic amines is 1. The molecule has 2 aromatic rings. The normalized spacial score (nSPS) is 14.9.